The molecule has 26 heavy (non-hydrogen) atoms. The van der Waals surface area contributed by atoms with Gasteiger partial charge in [-0.15, -0.1) is 0 Å². The molecular formula is C18H30N6O2. The number of nitrogens with one attached hydrogen (secondary N) is 1. The van der Waals surface area contributed by atoms with Gasteiger partial charge in [-0.2, -0.15) is 0 Å². The van der Waals surface area contributed by atoms with Crippen LogP contribution in [0.15, 0.2) is 29.4 Å². The van der Waals surface area contributed by atoms with Crippen LogP contribution in [-0.4, -0.2) is 74.2 Å². The van der Waals surface area contributed by atoms with E-state index in [4.69, 9.17) is 10.5 Å². The van der Waals surface area contributed by atoms with E-state index < -0.39 is 0 Å². The molecule has 8 nitrogen and oxygen atoms in total. The zero-order valence-electron chi connectivity index (χ0n) is 15.6. The number of ether oxygens (including phenoxy) is 1. The van der Waals surface area contributed by atoms with Gasteiger partial charge < -0.3 is 25.6 Å². The molecule has 1 amide bonds. The van der Waals surface area contributed by atoms with E-state index in [1.165, 1.54) is 0 Å². The fourth-order valence-electron chi connectivity index (χ4n) is 2.75. The van der Waals surface area contributed by atoms with Crippen LogP contribution < -0.4 is 16.0 Å². The maximum Gasteiger partial charge on any atom is 0.224 e. The minimum Gasteiger partial charge on any atom is -0.382 e. The van der Waals surface area contributed by atoms with Gasteiger partial charge in [0, 0.05) is 65.1 Å². The van der Waals surface area contributed by atoms with Gasteiger partial charge in [0.25, 0.3) is 0 Å². The Morgan fingerprint density at radius 3 is 2.85 bits per heavy atom. The normalized spacial score (nSPS) is 15.2. The highest BCUT2D eigenvalue weighted by Gasteiger charge is 2.21. The summed E-state index contributed by atoms with van der Waals surface area (Å²) in [5, 5.41) is 3.00. The number of aromatic nitrogens is 1. The summed E-state index contributed by atoms with van der Waals surface area (Å²) in [5.74, 6) is 1.49. The molecule has 2 heterocycles. The van der Waals surface area contributed by atoms with Crippen LogP contribution in [0.2, 0.25) is 0 Å². The number of amides is 1. The van der Waals surface area contributed by atoms with Gasteiger partial charge in [-0.1, -0.05) is 6.07 Å². The van der Waals surface area contributed by atoms with Crippen LogP contribution in [-0.2, 0) is 9.53 Å². The van der Waals surface area contributed by atoms with Crippen molar-refractivity contribution in [3.8, 4) is 0 Å². The molecular weight excluding hydrogens is 332 g/mol. The van der Waals surface area contributed by atoms with E-state index in [0.717, 1.165) is 45.0 Å². The first-order valence-electron chi connectivity index (χ1n) is 9.26. The molecule has 2 rings (SSSR count). The lowest BCUT2D eigenvalue weighted by Gasteiger charge is -2.35. The van der Waals surface area contributed by atoms with Gasteiger partial charge in [-0.3, -0.25) is 9.79 Å². The summed E-state index contributed by atoms with van der Waals surface area (Å²) in [6, 6.07) is 5.89. The van der Waals surface area contributed by atoms with Gasteiger partial charge in [0.2, 0.25) is 5.91 Å². The van der Waals surface area contributed by atoms with Crippen LogP contribution in [0.1, 0.15) is 19.8 Å². The number of carbonyl (C=O) groups excluding carboxylic acids is 1. The van der Waals surface area contributed by atoms with Crippen LogP contribution in [0.5, 0.6) is 0 Å². The smallest absolute Gasteiger partial charge is 0.224 e. The summed E-state index contributed by atoms with van der Waals surface area (Å²) in [5.41, 5.74) is 5.80. The minimum absolute atomic E-state index is 0.141. The summed E-state index contributed by atoms with van der Waals surface area (Å²) in [6.07, 6.45) is 3.05. The van der Waals surface area contributed by atoms with E-state index in [1.807, 2.05) is 30.0 Å². The molecule has 0 aliphatic carbocycles. The fourth-order valence-corrected chi connectivity index (χ4v) is 2.75. The average Bonchev–Trinajstić information content (AvgIpc) is 2.68. The standard InChI is InChI=1S/C18H30N6O2/c1-2-26-15-5-9-21-18(19)22-10-7-17(25)24-13-11-23(12-14-24)16-6-3-4-8-20-16/h3-4,6,8H,2,5,7,9-15H2,1H3,(H3,19,21,22). The summed E-state index contributed by atoms with van der Waals surface area (Å²) in [4.78, 5) is 25.0. The molecule has 1 aliphatic rings. The van der Waals surface area contributed by atoms with E-state index in [1.54, 1.807) is 6.20 Å². The van der Waals surface area contributed by atoms with Crippen LogP contribution >= 0.6 is 0 Å². The average molecular weight is 362 g/mol. The van der Waals surface area contributed by atoms with Crippen molar-refractivity contribution in [3.05, 3.63) is 24.4 Å². The van der Waals surface area contributed by atoms with Crippen molar-refractivity contribution in [1.29, 1.82) is 0 Å². The van der Waals surface area contributed by atoms with Gasteiger partial charge in [-0.25, -0.2) is 4.98 Å². The second kappa shape index (κ2) is 11.3. The molecule has 0 radical (unpaired) electrons. The molecule has 144 valence electrons. The monoisotopic (exact) mass is 362 g/mol. The molecule has 0 saturated carbocycles. The highest BCUT2D eigenvalue weighted by molar-refractivity contribution is 5.80. The van der Waals surface area contributed by atoms with Crippen molar-refractivity contribution >= 4 is 17.7 Å². The first-order chi connectivity index (χ1) is 12.7. The Bertz CT molecular complexity index is 558. The summed E-state index contributed by atoms with van der Waals surface area (Å²) < 4.78 is 5.24. The Labute approximate surface area is 155 Å². The number of pyridine rings is 1. The molecule has 1 saturated heterocycles. The van der Waals surface area contributed by atoms with E-state index in [9.17, 15) is 4.79 Å². The Kier molecular flexibility index (Phi) is 8.68. The van der Waals surface area contributed by atoms with Gasteiger partial charge >= 0.3 is 0 Å². The second-order valence-corrected chi connectivity index (χ2v) is 6.05. The second-order valence-electron chi connectivity index (χ2n) is 6.05. The predicted molar refractivity (Wildman–Crippen MR) is 103 cm³/mol. The molecule has 1 aromatic rings. The summed E-state index contributed by atoms with van der Waals surface area (Å²) in [7, 11) is 0. The fraction of sp³-hybridized carbons (Fsp3) is 0.611. The van der Waals surface area contributed by atoms with Crippen molar-refractivity contribution in [3.63, 3.8) is 0 Å². The van der Waals surface area contributed by atoms with Gasteiger partial charge in [-0.05, 0) is 25.5 Å². The number of carbonyl (C=O) groups is 1. The predicted octanol–water partition coefficient (Wildman–Crippen LogP) is 0.451. The third-order valence-corrected chi connectivity index (χ3v) is 4.18. The van der Waals surface area contributed by atoms with Crippen LogP contribution in [0, 0.1) is 0 Å². The van der Waals surface area contributed by atoms with E-state index in [2.05, 4.69) is 20.2 Å². The molecule has 0 atom stereocenters. The highest BCUT2D eigenvalue weighted by Crippen LogP contribution is 2.12. The zero-order chi connectivity index (χ0) is 18.6. The summed E-state index contributed by atoms with van der Waals surface area (Å²) >= 11 is 0. The van der Waals surface area contributed by atoms with Crippen molar-refractivity contribution in [1.82, 2.24) is 15.2 Å². The molecule has 3 N–H and O–H groups in total. The molecule has 1 aromatic heterocycles. The highest BCUT2D eigenvalue weighted by atomic mass is 16.5. The van der Waals surface area contributed by atoms with Crippen LogP contribution in [0.3, 0.4) is 0 Å². The zero-order valence-corrected chi connectivity index (χ0v) is 15.6. The van der Waals surface area contributed by atoms with Gasteiger partial charge in [0.1, 0.15) is 5.82 Å². The number of hydrogen-bond donors (Lipinski definition) is 2. The largest absolute Gasteiger partial charge is 0.382 e. The van der Waals surface area contributed by atoms with Crippen molar-refractivity contribution in [2.75, 3.05) is 57.4 Å². The number of aliphatic imine (C=N–C) groups is 1. The Morgan fingerprint density at radius 1 is 1.35 bits per heavy atom. The quantitative estimate of drug-likeness (QED) is 0.376. The van der Waals surface area contributed by atoms with Crippen molar-refractivity contribution < 1.29 is 9.53 Å². The van der Waals surface area contributed by atoms with Crippen LogP contribution in [0.25, 0.3) is 0 Å². The van der Waals surface area contributed by atoms with E-state index in [-0.39, 0.29) is 5.91 Å². The number of guanidine groups is 1. The lowest BCUT2D eigenvalue weighted by molar-refractivity contribution is -0.131. The Hall–Kier alpha value is -2.35. The number of rotatable bonds is 9. The number of anilines is 1. The SMILES string of the molecule is CCOCCCN=C(N)NCCC(=O)N1CCN(c2ccccn2)CC1. The molecule has 0 bridgehead atoms. The number of nitrogens with zero attached hydrogens (tertiary/aromatic N) is 4. The van der Waals surface area contributed by atoms with E-state index >= 15 is 0 Å². The first kappa shape index (κ1) is 20.0. The van der Waals surface area contributed by atoms with E-state index in [0.29, 0.717) is 32.1 Å². The number of hydrogen-bond acceptors (Lipinski definition) is 5. The van der Waals surface area contributed by atoms with Crippen LogP contribution in [0.4, 0.5) is 5.82 Å². The number of nitrogens with two attached hydrogens (primary N) is 1. The molecule has 0 spiro atoms. The molecule has 1 fully saturated rings. The van der Waals surface area contributed by atoms with Crippen molar-refractivity contribution in [2.45, 2.75) is 19.8 Å². The molecule has 1 aliphatic heterocycles. The third-order valence-electron chi connectivity index (χ3n) is 4.18. The van der Waals surface area contributed by atoms with Gasteiger partial charge in [0.05, 0.1) is 0 Å². The molecule has 8 heteroatoms. The lowest BCUT2D eigenvalue weighted by Crippen LogP contribution is -2.49. The molecule has 0 unspecified atom stereocenters. The maximum atomic E-state index is 12.3. The topological polar surface area (TPSA) is 96.1 Å². The minimum atomic E-state index is 0.141. The maximum absolute atomic E-state index is 12.3. The summed E-state index contributed by atoms with van der Waals surface area (Å²) in [6.45, 7) is 7.55. The Balaban J connectivity index is 1.61. The first-order valence-corrected chi connectivity index (χ1v) is 9.26. The lowest BCUT2D eigenvalue weighted by atomic mass is 10.2. The Morgan fingerprint density at radius 2 is 2.15 bits per heavy atom. The number of piperazine rings is 1. The van der Waals surface area contributed by atoms with Crippen molar-refractivity contribution in [2.24, 2.45) is 10.7 Å². The van der Waals surface area contributed by atoms with Gasteiger partial charge in [0.15, 0.2) is 5.96 Å². The molecule has 0 aromatic carbocycles. The third kappa shape index (κ3) is 6.87.